The fraction of sp³-hybridized carbons (Fsp3) is 0.583. The van der Waals surface area contributed by atoms with Gasteiger partial charge < -0.3 is 4.57 Å². The van der Waals surface area contributed by atoms with Crippen molar-refractivity contribution in [1.82, 2.24) is 18.7 Å². The lowest BCUT2D eigenvalue weighted by atomic mass is 10.4. The second-order valence-electron chi connectivity index (χ2n) is 4.41. The Bertz CT molecular complexity index is 678. The quantitative estimate of drug-likeness (QED) is 0.803. The molecule has 0 aromatic carbocycles. The van der Waals surface area contributed by atoms with E-state index in [0.29, 0.717) is 17.7 Å². The Kier molecular flexibility index (Phi) is 3.36. The van der Waals surface area contributed by atoms with Crippen molar-refractivity contribution in [1.29, 1.82) is 0 Å². The number of nitrogens with zero attached hydrogens (tertiary/aromatic N) is 4. The maximum Gasteiger partial charge on any atom is 0.332 e. The fourth-order valence-corrected chi connectivity index (χ4v) is 2.14. The molecule has 2 heterocycles. The fourth-order valence-electron chi connectivity index (χ4n) is 2.14. The van der Waals surface area contributed by atoms with Crippen LogP contribution >= 0.6 is 0 Å². The first-order valence-corrected chi connectivity index (χ1v) is 6.26. The number of fused-ring (bicyclic) bond motifs is 1. The molecule has 98 valence electrons. The smallest absolute Gasteiger partial charge is 0.325 e. The van der Waals surface area contributed by atoms with Gasteiger partial charge in [-0.05, 0) is 12.8 Å². The molecular formula is C12H18N4O2. The minimum atomic E-state index is -0.295. The summed E-state index contributed by atoms with van der Waals surface area (Å²) < 4.78 is 4.55. The van der Waals surface area contributed by atoms with E-state index < -0.39 is 0 Å². The summed E-state index contributed by atoms with van der Waals surface area (Å²) in [6.07, 6.45) is 3.39. The van der Waals surface area contributed by atoms with Gasteiger partial charge in [-0.3, -0.25) is 13.9 Å². The highest BCUT2D eigenvalue weighted by atomic mass is 16.2. The van der Waals surface area contributed by atoms with Crippen molar-refractivity contribution in [3.63, 3.8) is 0 Å². The SMILES string of the molecule is CCCn1cnc2c1c(=O)n(C)c(=O)n2CCC. The molecule has 0 bridgehead atoms. The summed E-state index contributed by atoms with van der Waals surface area (Å²) in [6, 6.07) is 0. The van der Waals surface area contributed by atoms with Crippen molar-refractivity contribution in [2.24, 2.45) is 7.05 Å². The van der Waals surface area contributed by atoms with Crippen LogP contribution in [0.1, 0.15) is 26.7 Å². The molecule has 0 N–H and O–H groups in total. The van der Waals surface area contributed by atoms with Crippen molar-refractivity contribution >= 4 is 11.2 Å². The van der Waals surface area contributed by atoms with Gasteiger partial charge in [-0.25, -0.2) is 9.78 Å². The van der Waals surface area contributed by atoms with E-state index in [9.17, 15) is 9.59 Å². The lowest BCUT2D eigenvalue weighted by molar-refractivity contribution is 0.607. The lowest BCUT2D eigenvalue weighted by Crippen LogP contribution is -2.38. The van der Waals surface area contributed by atoms with Crippen LogP contribution in [0.4, 0.5) is 0 Å². The van der Waals surface area contributed by atoms with Gasteiger partial charge >= 0.3 is 5.69 Å². The van der Waals surface area contributed by atoms with Crippen LogP contribution in [0.2, 0.25) is 0 Å². The average Bonchev–Trinajstić information content (AvgIpc) is 2.76. The van der Waals surface area contributed by atoms with Crippen molar-refractivity contribution in [2.45, 2.75) is 39.8 Å². The molecular weight excluding hydrogens is 232 g/mol. The highest BCUT2D eigenvalue weighted by Gasteiger charge is 2.15. The van der Waals surface area contributed by atoms with Gasteiger partial charge in [0.15, 0.2) is 11.2 Å². The van der Waals surface area contributed by atoms with E-state index in [1.807, 2.05) is 18.4 Å². The van der Waals surface area contributed by atoms with Crippen LogP contribution in [0.15, 0.2) is 15.9 Å². The first-order chi connectivity index (χ1) is 8.61. The van der Waals surface area contributed by atoms with E-state index in [0.717, 1.165) is 24.0 Å². The molecule has 18 heavy (non-hydrogen) atoms. The molecule has 0 aliphatic heterocycles. The topological polar surface area (TPSA) is 61.8 Å². The van der Waals surface area contributed by atoms with Crippen LogP contribution in [-0.2, 0) is 20.1 Å². The van der Waals surface area contributed by atoms with Gasteiger partial charge in [0.2, 0.25) is 0 Å². The summed E-state index contributed by atoms with van der Waals surface area (Å²) in [5.41, 5.74) is 0.454. The van der Waals surface area contributed by atoms with Gasteiger partial charge in [0.25, 0.3) is 5.56 Å². The van der Waals surface area contributed by atoms with Crippen molar-refractivity contribution in [3.8, 4) is 0 Å². The predicted molar refractivity (Wildman–Crippen MR) is 69.8 cm³/mol. The summed E-state index contributed by atoms with van der Waals surface area (Å²) in [4.78, 5) is 28.4. The predicted octanol–water partition coefficient (Wildman–Crippen LogP) is 0.717. The normalized spacial score (nSPS) is 11.3. The van der Waals surface area contributed by atoms with Crippen molar-refractivity contribution in [2.75, 3.05) is 0 Å². The van der Waals surface area contributed by atoms with Crippen molar-refractivity contribution in [3.05, 3.63) is 27.2 Å². The number of hydrogen-bond acceptors (Lipinski definition) is 3. The zero-order valence-corrected chi connectivity index (χ0v) is 11.0. The first kappa shape index (κ1) is 12.6. The second-order valence-corrected chi connectivity index (χ2v) is 4.41. The Morgan fingerprint density at radius 3 is 2.44 bits per heavy atom. The lowest BCUT2D eigenvalue weighted by Gasteiger charge is -2.08. The first-order valence-electron chi connectivity index (χ1n) is 6.26. The van der Waals surface area contributed by atoms with Gasteiger partial charge in [0.1, 0.15) is 0 Å². The van der Waals surface area contributed by atoms with Crippen LogP contribution in [0, 0.1) is 0 Å². The van der Waals surface area contributed by atoms with Gasteiger partial charge in [-0.1, -0.05) is 13.8 Å². The molecule has 0 unspecified atom stereocenters. The number of rotatable bonds is 4. The zero-order chi connectivity index (χ0) is 13.3. The standard InChI is InChI=1S/C12H18N4O2/c1-4-6-15-8-13-10-9(15)11(17)14(3)12(18)16(10)7-5-2/h8H,4-7H2,1-3H3. The molecule has 0 saturated heterocycles. The Morgan fingerprint density at radius 2 is 1.83 bits per heavy atom. The minimum Gasteiger partial charge on any atom is -0.325 e. The summed E-state index contributed by atoms with van der Waals surface area (Å²) in [5.74, 6) is 0. The van der Waals surface area contributed by atoms with Crippen LogP contribution < -0.4 is 11.2 Å². The summed E-state index contributed by atoms with van der Waals surface area (Å²) in [5, 5.41) is 0. The third-order valence-corrected chi connectivity index (χ3v) is 3.01. The highest BCUT2D eigenvalue weighted by molar-refractivity contribution is 5.70. The van der Waals surface area contributed by atoms with Gasteiger partial charge in [0.05, 0.1) is 6.33 Å². The molecule has 2 aromatic heterocycles. The van der Waals surface area contributed by atoms with E-state index >= 15 is 0 Å². The monoisotopic (exact) mass is 250 g/mol. The Balaban J connectivity index is 2.86. The van der Waals surface area contributed by atoms with Crippen LogP contribution in [0.3, 0.4) is 0 Å². The van der Waals surface area contributed by atoms with Crippen molar-refractivity contribution < 1.29 is 0 Å². The molecule has 0 radical (unpaired) electrons. The van der Waals surface area contributed by atoms with Gasteiger partial charge in [0, 0.05) is 20.1 Å². The molecule has 0 atom stereocenters. The Morgan fingerprint density at radius 1 is 1.17 bits per heavy atom. The summed E-state index contributed by atoms with van der Waals surface area (Å²) >= 11 is 0. The average molecular weight is 250 g/mol. The second kappa shape index (κ2) is 4.80. The molecule has 6 nitrogen and oxygen atoms in total. The molecule has 0 aliphatic rings. The van der Waals surface area contributed by atoms with Crippen LogP contribution in [-0.4, -0.2) is 18.7 Å². The largest absolute Gasteiger partial charge is 0.332 e. The number of imidazole rings is 1. The maximum absolute atomic E-state index is 12.2. The van der Waals surface area contributed by atoms with Gasteiger partial charge in [-0.2, -0.15) is 0 Å². The minimum absolute atomic E-state index is 0.270. The van der Waals surface area contributed by atoms with E-state index in [1.54, 1.807) is 10.9 Å². The molecule has 2 aromatic rings. The molecule has 0 amide bonds. The Hall–Kier alpha value is -1.85. The third kappa shape index (κ3) is 1.77. The van der Waals surface area contributed by atoms with E-state index in [4.69, 9.17) is 0 Å². The van der Waals surface area contributed by atoms with Crippen LogP contribution in [0.25, 0.3) is 11.2 Å². The zero-order valence-electron chi connectivity index (χ0n) is 11.0. The van der Waals surface area contributed by atoms with E-state index in [-0.39, 0.29) is 11.2 Å². The summed E-state index contributed by atoms with van der Waals surface area (Å²) in [6.45, 7) is 5.34. The highest BCUT2D eigenvalue weighted by Crippen LogP contribution is 2.07. The molecule has 0 saturated carbocycles. The molecule has 2 rings (SSSR count). The summed E-state index contributed by atoms with van der Waals surface area (Å²) in [7, 11) is 1.51. The molecule has 0 aliphatic carbocycles. The van der Waals surface area contributed by atoms with E-state index in [2.05, 4.69) is 4.98 Å². The van der Waals surface area contributed by atoms with Gasteiger partial charge in [-0.15, -0.1) is 0 Å². The number of aryl methyl sites for hydroxylation is 2. The third-order valence-electron chi connectivity index (χ3n) is 3.01. The number of hydrogen-bond donors (Lipinski definition) is 0. The molecule has 0 fully saturated rings. The van der Waals surface area contributed by atoms with E-state index in [1.165, 1.54) is 7.05 Å². The maximum atomic E-state index is 12.2. The number of aromatic nitrogens is 4. The molecule has 6 heteroatoms. The Labute approximate surface area is 104 Å². The van der Waals surface area contributed by atoms with Crippen LogP contribution in [0.5, 0.6) is 0 Å². The molecule has 0 spiro atoms.